The van der Waals surface area contributed by atoms with Gasteiger partial charge in [0.15, 0.2) is 0 Å². The van der Waals surface area contributed by atoms with E-state index in [1.165, 1.54) is 0 Å². The quantitative estimate of drug-likeness (QED) is 0.862. The summed E-state index contributed by atoms with van der Waals surface area (Å²) in [4.78, 5) is 13.0. The summed E-state index contributed by atoms with van der Waals surface area (Å²) in [5.74, 6) is 0.292. The molecule has 1 unspecified atom stereocenters. The number of rotatable bonds is 3. The van der Waals surface area contributed by atoms with E-state index >= 15 is 0 Å². The minimum absolute atomic E-state index is 0.287. The van der Waals surface area contributed by atoms with Crippen LogP contribution >= 0.6 is 0 Å². The van der Waals surface area contributed by atoms with Gasteiger partial charge in [-0.25, -0.2) is 4.79 Å². The highest BCUT2D eigenvalue weighted by Gasteiger charge is 2.21. The van der Waals surface area contributed by atoms with Crippen molar-refractivity contribution in [2.45, 2.75) is 6.42 Å². The molecule has 0 amide bonds. The van der Waals surface area contributed by atoms with E-state index in [0.29, 0.717) is 12.5 Å². The maximum atomic E-state index is 10.8. The molecule has 0 saturated heterocycles. The van der Waals surface area contributed by atoms with E-state index in [-0.39, 0.29) is 5.56 Å². The Morgan fingerprint density at radius 2 is 2.29 bits per heavy atom. The molecule has 0 fully saturated rings. The molecule has 0 aliphatic carbocycles. The molecule has 1 aliphatic rings. The molecule has 0 radical (unpaired) electrons. The Labute approximate surface area is 101 Å². The van der Waals surface area contributed by atoms with E-state index in [9.17, 15) is 4.79 Å². The summed E-state index contributed by atoms with van der Waals surface area (Å²) in [5, 5.41) is 8.90. The molecule has 0 bridgehead atoms. The predicted octanol–water partition coefficient (Wildman–Crippen LogP) is 1.50. The van der Waals surface area contributed by atoms with Gasteiger partial charge in [0.05, 0.1) is 12.2 Å². The fraction of sp³-hybridized carbons (Fsp3) is 0.462. The molecular formula is C13H17NO3. The first-order chi connectivity index (χ1) is 8.06. The lowest BCUT2D eigenvalue weighted by Crippen LogP contribution is -2.30. The number of carboxylic acids is 1. The molecule has 4 nitrogen and oxygen atoms in total. The van der Waals surface area contributed by atoms with E-state index in [2.05, 4.69) is 4.90 Å². The third-order valence-corrected chi connectivity index (χ3v) is 2.92. The maximum absolute atomic E-state index is 10.8. The number of aromatic carboxylic acids is 1. The lowest BCUT2D eigenvalue weighted by Gasteiger charge is -2.27. The van der Waals surface area contributed by atoms with Crippen LogP contribution in [-0.2, 0) is 6.42 Å². The minimum Gasteiger partial charge on any atom is -0.493 e. The summed E-state index contributed by atoms with van der Waals surface area (Å²) >= 11 is 0. The summed E-state index contributed by atoms with van der Waals surface area (Å²) in [6.45, 7) is 1.65. The molecule has 1 N–H and O–H groups in total. The molecular weight excluding hydrogens is 218 g/mol. The smallest absolute Gasteiger partial charge is 0.335 e. The summed E-state index contributed by atoms with van der Waals surface area (Å²) in [6, 6.07) is 5.12. The van der Waals surface area contributed by atoms with Gasteiger partial charge in [0.25, 0.3) is 0 Å². The predicted molar refractivity (Wildman–Crippen MR) is 64.6 cm³/mol. The van der Waals surface area contributed by atoms with E-state index in [1.54, 1.807) is 12.1 Å². The van der Waals surface area contributed by atoms with Crippen molar-refractivity contribution in [3.05, 3.63) is 29.3 Å². The Balaban J connectivity index is 2.14. The molecule has 4 heteroatoms. The minimum atomic E-state index is -0.910. The molecule has 2 rings (SSSR count). The zero-order chi connectivity index (χ0) is 12.4. The van der Waals surface area contributed by atoms with Gasteiger partial charge in [0.1, 0.15) is 5.75 Å². The Hall–Kier alpha value is -1.55. The second-order valence-electron chi connectivity index (χ2n) is 4.77. The van der Waals surface area contributed by atoms with Crippen molar-refractivity contribution >= 4 is 5.97 Å². The first-order valence-corrected chi connectivity index (χ1v) is 5.70. The van der Waals surface area contributed by atoms with Gasteiger partial charge in [-0.05, 0) is 38.2 Å². The molecule has 0 aromatic heterocycles. The van der Waals surface area contributed by atoms with Gasteiger partial charge in [-0.15, -0.1) is 0 Å². The summed E-state index contributed by atoms with van der Waals surface area (Å²) in [7, 11) is 4.09. The van der Waals surface area contributed by atoms with Crippen molar-refractivity contribution in [1.29, 1.82) is 0 Å². The van der Waals surface area contributed by atoms with Crippen LogP contribution in [0, 0.1) is 5.92 Å². The van der Waals surface area contributed by atoms with Crippen LogP contribution in [0.2, 0.25) is 0 Å². The van der Waals surface area contributed by atoms with E-state index in [1.807, 2.05) is 20.2 Å². The van der Waals surface area contributed by atoms with Crippen molar-refractivity contribution in [2.75, 3.05) is 27.2 Å². The van der Waals surface area contributed by atoms with Crippen molar-refractivity contribution in [3.8, 4) is 5.75 Å². The van der Waals surface area contributed by atoms with Crippen molar-refractivity contribution < 1.29 is 14.6 Å². The molecule has 1 atom stereocenters. The van der Waals surface area contributed by atoms with Crippen LogP contribution < -0.4 is 4.74 Å². The zero-order valence-corrected chi connectivity index (χ0v) is 10.1. The summed E-state index contributed by atoms with van der Waals surface area (Å²) in [5.41, 5.74) is 1.39. The third kappa shape index (κ3) is 2.77. The number of carboxylic acid groups (broad SMARTS) is 1. The van der Waals surface area contributed by atoms with Crippen LogP contribution in [-0.4, -0.2) is 43.2 Å². The van der Waals surface area contributed by atoms with Gasteiger partial charge in [0.2, 0.25) is 0 Å². The molecule has 0 saturated carbocycles. The first-order valence-electron chi connectivity index (χ1n) is 5.70. The van der Waals surface area contributed by atoms with Gasteiger partial charge in [-0.2, -0.15) is 0 Å². The molecule has 1 aromatic carbocycles. The first kappa shape index (κ1) is 11.9. The van der Waals surface area contributed by atoms with E-state index < -0.39 is 5.97 Å². The van der Waals surface area contributed by atoms with E-state index in [0.717, 1.165) is 24.3 Å². The Morgan fingerprint density at radius 1 is 1.53 bits per heavy atom. The number of benzene rings is 1. The normalized spacial score (nSPS) is 18.6. The topological polar surface area (TPSA) is 49.8 Å². The Kier molecular flexibility index (Phi) is 3.33. The fourth-order valence-corrected chi connectivity index (χ4v) is 2.20. The molecule has 0 spiro atoms. The highest BCUT2D eigenvalue weighted by Crippen LogP contribution is 2.28. The molecule has 1 heterocycles. The SMILES string of the molecule is CN(C)CC1COc2cc(C(=O)O)ccc2C1. The summed E-state index contributed by atoms with van der Waals surface area (Å²) < 4.78 is 5.64. The van der Waals surface area contributed by atoms with Gasteiger partial charge < -0.3 is 14.7 Å². The number of hydrogen-bond acceptors (Lipinski definition) is 3. The number of hydrogen-bond donors (Lipinski definition) is 1. The van der Waals surface area contributed by atoms with E-state index in [4.69, 9.17) is 9.84 Å². The summed E-state index contributed by atoms with van der Waals surface area (Å²) in [6.07, 6.45) is 0.952. The van der Waals surface area contributed by atoms with Crippen molar-refractivity contribution in [1.82, 2.24) is 4.90 Å². The van der Waals surface area contributed by atoms with Crippen LogP contribution in [0.15, 0.2) is 18.2 Å². The Bertz CT molecular complexity index is 429. The third-order valence-electron chi connectivity index (χ3n) is 2.92. The highest BCUT2D eigenvalue weighted by atomic mass is 16.5. The fourth-order valence-electron chi connectivity index (χ4n) is 2.20. The molecule has 1 aliphatic heterocycles. The monoisotopic (exact) mass is 235 g/mol. The zero-order valence-electron chi connectivity index (χ0n) is 10.1. The maximum Gasteiger partial charge on any atom is 0.335 e. The molecule has 17 heavy (non-hydrogen) atoms. The average Bonchev–Trinajstić information content (AvgIpc) is 2.27. The van der Waals surface area contributed by atoms with Crippen LogP contribution in [0.25, 0.3) is 0 Å². The number of carbonyl (C=O) groups is 1. The second kappa shape index (κ2) is 4.75. The molecule has 1 aromatic rings. The highest BCUT2D eigenvalue weighted by molar-refractivity contribution is 5.88. The van der Waals surface area contributed by atoms with Gasteiger partial charge in [0, 0.05) is 12.5 Å². The largest absolute Gasteiger partial charge is 0.493 e. The number of nitrogens with zero attached hydrogens (tertiary/aromatic N) is 1. The second-order valence-corrected chi connectivity index (χ2v) is 4.77. The lowest BCUT2D eigenvalue weighted by molar-refractivity contribution is 0.0696. The molecule has 92 valence electrons. The van der Waals surface area contributed by atoms with Gasteiger partial charge in [-0.3, -0.25) is 0 Å². The van der Waals surface area contributed by atoms with Crippen LogP contribution in [0.1, 0.15) is 15.9 Å². The average molecular weight is 235 g/mol. The number of fused-ring (bicyclic) bond motifs is 1. The van der Waals surface area contributed by atoms with Crippen molar-refractivity contribution in [3.63, 3.8) is 0 Å². The Morgan fingerprint density at radius 3 is 2.94 bits per heavy atom. The van der Waals surface area contributed by atoms with Gasteiger partial charge >= 0.3 is 5.97 Å². The van der Waals surface area contributed by atoms with Crippen LogP contribution in [0.4, 0.5) is 0 Å². The van der Waals surface area contributed by atoms with Crippen LogP contribution in [0.5, 0.6) is 5.75 Å². The standard InChI is InChI=1S/C13H17NO3/c1-14(2)7-9-5-10-3-4-11(13(15)16)6-12(10)17-8-9/h3-4,6,9H,5,7-8H2,1-2H3,(H,15,16). The number of ether oxygens (including phenoxy) is 1. The van der Waals surface area contributed by atoms with Crippen molar-refractivity contribution in [2.24, 2.45) is 5.92 Å². The lowest BCUT2D eigenvalue weighted by atomic mass is 9.95. The van der Waals surface area contributed by atoms with Crippen LogP contribution in [0.3, 0.4) is 0 Å². The van der Waals surface area contributed by atoms with Gasteiger partial charge in [-0.1, -0.05) is 6.07 Å².